The van der Waals surface area contributed by atoms with Crippen LogP contribution in [0, 0.1) is 0 Å². The smallest absolute Gasteiger partial charge is 0.719 e. The molecule has 7 heteroatoms. The van der Waals surface area contributed by atoms with Gasteiger partial charge in [0.1, 0.15) is 10.5 Å². The molecular formula is C74H148N2O2S2Zn. The summed E-state index contributed by atoms with van der Waals surface area (Å²) in [6.07, 6.45) is 88.7. The van der Waals surface area contributed by atoms with E-state index in [4.69, 9.17) is 25.3 Å². The van der Waals surface area contributed by atoms with Gasteiger partial charge in [0.15, 0.2) is 0 Å². The molecule has 0 radical (unpaired) electrons. The summed E-state index contributed by atoms with van der Waals surface area (Å²) in [6.45, 7) is 12.7. The molecule has 0 unspecified atom stereocenters. The van der Waals surface area contributed by atoms with Crippen LogP contribution in [0.2, 0.25) is 0 Å². The van der Waals surface area contributed by atoms with Crippen molar-refractivity contribution in [3.63, 3.8) is 0 Å². The van der Waals surface area contributed by atoms with Gasteiger partial charge in [0.2, 0.25) is 0 Å². The van der Waals surface area contributed by atoms with Crippen LogP contribution in [0.25, 0.3) is 0 Å². The Hall–Kier alpha value is 0.00338. The summed E-state index contributed by atoms with van der Waals surface area (Å²) in [5.74, 6) is 0. The van der Waals surface area contributed by atoms with E-state index < -0.39 is 0 Å². The molecule has 0 aliphatic heterocycles. The van der Waals surface area contributed by atoms with Gasteiger partial charge in [-0.1, -0.05) is 413 Å². The Bertz CT molecular complexity index is 987. The first-order valence-electron chi connectivity index (χ1n) is 37.4. The molecule has 0 aromatic rings. The maximum Gasteiger partial charge on any atom is 2.00 e. The summed E-state index contributed by atoms with van der Waals surface area (Å²) in [5, 5.41) is -0.274. The van der Waals surface area contributed by atoms with Crippen molar-refractivity contribution in [2.75, 3.05) is 26.2 Å². The third-order valence-corrected chi connectivity index (χ3v) is 18.2. The van der Waals surface area contributed by atoms with Gasteiger partial charge in [-0.25, -0.2) is 0 Å². The van der Waals surface area contributed by atoms with Gasteiger partial charge >= 0.3 is 19.5 Å². The van der Waals surface area contributed by atoms with Gasteiger partial charge in [0.05, 0.1) is 0 Å². The minimum atomic E-state index is -0.137. The second-order valence-corrected chi connectivity index (χ2v) is 26.4. The number of unbranched alkanes of at least 4 members (excludes halogenated alkanes) is 60. The van der Waals surface area contributed by atoms with Crippen molar-refractivity contribution in [1.29, 1.82) is 0 Å². The number of amides is 2. The van der Waals surface area contributed by atoms with Crippen LogP contribution in [-0.4, -0.2) is 46.5 Å². The third kappa shape index (κ3) is 76.1. The Morgan fingerprint density at radius 3 is 0.358 bits per heavy atom. The quantitative estimate of drug-likeness (QED) is 0.0346. The SMILES string of the molecule is CCCCCCCCCCCCCCCCCCN(CCCCCCCCCCCCCCCCCC)C(=O)[S-].CCCCCCCCCCCCCCCCCCN(CCCCCCCCCCCCCCCCCC)C(=O)[S-].[Zn+2]. The maximum atomic E-state index is 11.9. The van der Waals surface area contributed by atoms with E-state index in [-0.39, 0.29) is 30.0 Å². The summed E-state index contributed by atoms with van der Waals surface area (Å²) in [6, 6.07) is 0. The predicted octanol–water partition coefficient (Wildman–Crippen LogP) is 27.0. The van der Waals surface area contributed by atoms with E-state index in [1.807, 2.05) is 9.80 Å². The number of carbonyl (C=O) groups excluding carboxylic acids is 2. The first-order valence-corrected chi connectivity index (χ1v) is 38.2. The van der Waals surface area contributed by atoms with Crippen LogP contribution in [-0.2, 0) is 44.7 Å². The largest absolute Gasteiger partial charge is 2.00 e. The molecule has 0 aromatic carbocycles. The molecule has 81 heavy (non-hydrogen) atoms. The molecule has 0 aliphatic rings. The topological polar surface area (TPSA) is 40.6 Å². The van der Waals surface area contributed by atoms with Crippen LogP contribution >= 0.6 is 0 Å². The fourth-order valence-corrected chi connectivity index (χ4v) is 12.4. The number of hydrogen-bond acceptors (Lipinski definition) is 4. The fourth-order valence-electron chi connectivity index (χ4n) is 12.0. The van der Waals surface area contributed by atoms with E-state index in [2.05, 4.69) is 27.7 Å². The minimum Gasteiger partial charge on any atom is -0.719 e. The molecule has 0 N–H and O–H groups in total. The van der Waals surface area contributed by atoms with Crippen LogP contribution in [0.5, 0.6) is 0 Å². The Morgan fingerprint density at radius 2 is 0.272 bits per heavy atom. The molecule has 0 spiro atoms. The van der Waals surface area contributed by atoms with Crippen LogP contribution in [0.3, 0.4) is 0 Å². The zero-order chi connectivity index (χ0) is 58.4. The van der Waals surface area contributed by atoms with Crippen molar-refractivity contribution in [2.45, 2.75) is 439 Å². The van der Waals surface area contributed by atoms with Crippen LogP contribution in [0.1, 0.15) is 439 Å². The average molecular weight is 1230 g/mol. The molecule has 480 valence electrons. The number of nitrogens with zero attached hydrogens (tertiary/aromatic N) is 2. The van der Waals surface area contributed by atoms with Crippen molar-refractivity contribution >= 4 is 35.7 Å². The van der Waals surface area contributed by atoms with Crippen LogP contribution < -0.4 is 0 Å². The summed E-state index contributed by atoms with van der Waals surface area (Å²) in [4.78, 5) is 27.6. The van der Waals surface area contributed by atoms with Gasteiger partial charge in [0, 0.05) is 26.2 Å². The third-order valence-electron chi connectivity index (χ3n) is 17.6. The van der Waals surface area contributed by atoms with E-state index in [9.17, 15) is 9.59 Å². The second kappa shape index (κ2) is 78.0. The van der Waals surface area contributed by atoms with Gasteiger partial charge in [-0.05, 0) is 25.7 Å². The standard InChI is InChI=1S/2C37H75NOS.Zn/c2*1-3-5-7-9-11-13-15-17-19-21-23-25-27-29-31-33-35-38(37(39)40)36-34-32-30-28-26-24-22-20-18-16-14-12-10-8-6-4-2;/h2*3-36H2,1-2H3,(H,39,40);/q;;+2/p-2. The van der Waals surface area contributed by atoms with Gasteiger partial charge in [0.25, 0.3) is 0 Å². The molecular weight excluding hydrogens is 1080 g/mol. The van der Waals surface area contributed by atoms with Gasteiger partial charge < -0.3 is 44.6 Å². The molecule has 0 aromatic heterocycles. The predicted molar refractivity (Wildman–Crippen MR) is 367 cm³/mol. The summed E-state index contributed by atoms with van der Waals surface area (Å²) in [7, 11) is 0. The molecule has 2 amide bonds. The maximum absolute atomic E-state index is 11.9. The number of rotatable bonds is 68. The summed E-state index contributed by atoms with van der Waals surface area (Å²) < 4.78 is 0. The van der Waals surface area contributed by atoms with Gasteiger partial charge in [-0.15, -0.1) is 0 Å². The van der Waals surface area contributed by atoms with Crippen molar-refractivity contribution in [2.24, 2.45) is 0 Å². The summed E-state index contributed by atoms with van der Waals surface area (Å²) >= 11 is 10.0. The Morgan fingerprint density at radius 1 is 0.185 bits per heavy atom. The first kappa shape index (κ1) is 85.2. The molecule has 0 rings (SSSR count). The van der Waals surface area contributed by atoms with Crippen molar-refractivity contribution in [3.05, 3.63) is 0 Å². The Kier molecular flexibility index (Phi) is 82.1. The van der Waals surface area contributed by atoms with Crippen molar-refractivity contribution in [3.8, 4) is 0 Å². The van der Waals surface area contributed by atoms with E-state index in [0.29, 0.717) is 0 Å². The molecule has 0 bridgehead atoms. The van der Waals surface area contributed by atoms with E-state index in [1.165, 1.54) is 385 Å². The van der Waals surface area contributed by atoms with Gasteiger partial charge in [-0.2, -0.15) is 0 Å². The molecule has 0 atom stereocenters. The van der Waals surface area contributed by atoms with Crippen LogP contribution in [0.15, 0.2) is 0 Å². The second-order valence-electron chi connectivity index (χ2n) is 25.7. The monoisotopic (exact) mass is 1230 g/mol. The zero-order valence-electron chi connectivity index (χ0n) is 56.3. The van der Waals surface area contributed by atoms with E-state index >= 15 is 0 Å². The van der Waals surface area contributed by atoms with E-state index in [0.717, 1.165) is 51.9 Å². The molecule has 0 heterocycles. The number of carbonyl (C=O) groups is 2. The molecule has 0 aliphatic carbocycles. The number of hydrogen-bond donors (Lipinski definition) is 0. The average Bonchev–Trinajstić information content (AvgIpc) is 3.45. The molecule has 0 saturated carbocycles. The van der Waals surface area contributed by atoms with Crippen LogP contribution in [0.4, 0.5) is 9.59 Å². The Balaban J connectivity index is -0.00000148. The van der Waals surface area contributed by atoms with Crippen molar-refractivity contribution in [1.82, 2.24) is 9.80 Å². The molecule has 0 fully saturated rings. The Labute approximate surface area is 535 Å². The van der Waals surface area contributed by atoms with E-state index in [1.54, 1.807) is 0 Å². The summed E-state index contributed by atoms with van der Waals surface area (Å²) in [5.41, 5.74) is 0. The molecule has 0 saturated heterocycles. The van der Waals surface area contributed by atoms with Crippen molar-refractivity contribution < 1.29 is 29.1 Å². The normalized spacial score (nSPS) is 11.2. The fraction of sp³-hybridized carbons (Fsp3) is 0.973. The zero-order valence-corrected chi connectivity index (χ0v) is 60.9. The van der Waals surface area contributed by atoms with Gasteiger partial charge in [-0.3, -0.25) is 0 Å². The first-order chi connectivity index (χ1) is 39.4. The minimum absolute atomic E-state index is 0. The molecule has 4 nitrogen and oxygen atoms in total.